The molecule has 0 spiro atoms. The molecule has 0 amide bonds. The summed E-state index contributed by atoms with van der Waals surface area (Å²) in [5, 5.41) is 27.5. The molecule has 4 unspecified atom stereocenters. The molecule has 1 fully saturated rings. The molecule has 7 nitrogen and oxygen atoms in total. The molecule has 1 saturated heterocycles. The molecule has 2 heterocycles. The first-order valence-electron chi connectivity index (χ1n) is 8.05. The monoisotopic (exact) mass is 373 g/mol. The standard InChI is InChI=1S/C16H18F3N3O4/c1-2-25-13-7-26-12(6-23)16(24)15(13)22-5-11(20-21-22)8-3-9(17)14(19)10(18)4-8/h3-5,12-13,15-16,23-24H,2,6-7H2,1H3. The molecule has 1 aliphatic heterocycles. The van der Waals surface area contributed by atoms with Crippen LogP contribution in [0.5, 0.6) is 0 Å². The second kappa shape index (κ2) is 7.70. The predicted molar refractivity (Wildman–Crippen MR) is 82.6 cm³/mol. The van der Waals surface area contributed by atoms with Gasteiger partial charge in [0.25, 0.3) is 0 Å². The first-order chi connectivity index (χ1) is 12.5. The van der Waals surface area contributed by atoms with Crippen molar-refractivity contribution in [1.82, 2.24) is 15.0 Å². The van der Waals surface area contributed by atoms with Gasteiger partial charge >= 0.3 is 0 Å². The largest absolute Gasteiger partial charge is 0.394 e. The van der Waals surface area contributed by atoms with Gasteiger partial charge in [-0.1, -0.05) is 5.21 Å². The van der Waals surface area contributed by atoms with Gasteiger partial charge in [0, 0.05) is 12.2 Å². The van der Waals surface area contributed by atoms with E-state index >= 15 is 0 Å². The quantitative estimate of drug-likeness (QED) is 0.762. The van der Waals surface area contributed by atoms with Crippen LogP contribution in [0, 0.1) is 17.5 Å². The van der Waals surface area contributed by atoms with Crippen molar-refractivity contribution in [3.8, 4) is 11.3 Å². The number of benzene rings is 1. The van der Waals surface area contributed by atoms with Crippen molar-refractivity contribution in [3.63, 3.8) is 0 Å². The summed E-state index contributed by atoms with van der Waals surface area (Å²) in [4.78, 5) is 0. The zero-order valence-electron chi connectivity index (χ0n) is 13.8. The lowest BCUT2D eigenvalue weighted by molar-refractivity contribution is -0.180. The molecule has 26 heavy (non-hydrogen) atoms. The number of nitrogens with zero attached hydrogens (tertiary/aromatic N) is 3. The van der Waals surface area contributed by atoms with Crippen molar-refractivity contribution in [1.29, 1.82) is 0 Å². The summed E-state index contributed by atoms with van der Waals surface area (Å²) in [6.07, 6.45) is -1.16. The average molecular weight is 373 g/mol. The molecule has 1 aromatic heterocycles. The van der Waals surface area contributed by atoms with Crippen LogP contribution in [0.1, 0.15) is 13.0 Å². The third-order valence-corrected chi connectivity index (χ3v) is 4.24. The Labute approximate surface area is 147 Å². The van der Waals surface area contributed by atoms with Crippen molar-refractivity contribution in [2.24, 2.45) is 0 Å². The second-order valence-electron chi connectivity index (χ2n) is 5.87. The lowest BCUT2D eigenvalue weighted by Gasteiger charge is -2.39. The van der Waals surface area contributed by atoms with E-state index in [2.05, 4.69) is 10.3 Å². The highest BCUT2D eigenvalue weighted by atomic mass is 19.2. The Bertz CT molecular complexity index is 748. The van der Waals surface area contributed by atoms with E-state index in [1.165, 1.54) is 10.9 Å². The van der Waals surface area contributed by atoms with Crippen molar-refractivity contribution in [2.45, 2.75) is 31.3 Å². The van der Waals surface area contributed by atoms with Crippen LogP contribution in [-0.2, 0) is 9.47 Å². The molecule has 142 valence electrons. The summed E-state index contributed by atoms with van der Waals surface area (Å²) in [6, 6.07) is 0.894. The predicted octanol–water partition coefficient (Wildman–Crippen LogP) is 1.06. The van der Waals surface area contributed by atoms with Crippen LogP contribution in [0.25, 0.3) is 11.3 Å². The third kappa shape index (κ3) is 3.45. The first kappa shape index (κ1) is 18.8. The number of hydrogen-bond donors (Lipinski definition) is 2. The summed E-state index contributed by atoms with van der Waals surface area (Å²) >= 11 is 0. The van der Waals surface area contributed by atoms with E-state index in [1.807, 2.05) is 0 Å². The zero-order valence-corrected chi connectivity index (χ0v) is 13.8. The highest BCUT2D eigenvalue weighted by Crippen LogP contribution is 2.29. The minimum atomic E-state index is -1.57. The average Bonchev–Trinajstić information content (AvgIpc) is 3.09. The molecule has 1 aliphatic rings. The number of aromatic nitrogens is 3. The van der Waals surface area contributed by atoms with Crippen molar-refractivity contribution in [3.05, 3.63) is 35.8 Å². The van der Waals surface area contributed by atoms with Gasteiger partial charge in [-0.25, -0.2) is 17.9 Å². The Morgan fingerprint density at radius 1 is 1.31 bits per heavy atom. The van der Waals surface area contributed by atoms with Gasteiger partial charge in [0.1, 0.15) is 30.0 Å². The van der Waals surface area contributed by atoms with Gasteiger partial charge in [0.05, 0.1) is 19.4 Å². The molecule has 10 heteroatoms. The normalized spacial score (nSPS) is 26.2. The van der Waals surface area contributed by atoms with Crippen LogP contribution in [-0.4, -0.2) is 63.3 Å². The summed E-state index contributed by atoms with van der Waals surface area (Å²) < 4.78 is 52.2. The van der Waals surface area contributed by atoms with E-state index in [9.17, 15) is 23.4 Å². The lowest BCUT2D eigenvalue weighted by atomic mass is 9.97. The molecule has 2 N–H and O–H groups in total. The van der Waals surface area contributed by atoms with Gasteiger partial charge in [0.15, 0.2) is 17.5 Å². The molecular formula is C16H18F3N3O4. The number of rotatable bonds is 5. The Kier molecular flexibility index (Phi) is 5.56. The van der Waals surface area contributed by atoms with Gasteiger partial charge in [-0.15, -0.1) is 5.10 Å². The Balaban J connectivity index is 1.93. The van der Waals surface area contributed by atoms with Gasteiger partial charge in [-0.05, 0) is 19.1 Å². The summed E-state index contributed by atoms with van der Waals surface area (Å²) in [5.74, 6) is -4.25. The Hall–Kier alpha value is -2.01. The van der Waals surface area contributed by atoms with E-state index in [0.717, 1.165) is 12.1 Å². The summed E-state index contributed by atoms with van der Waals surface area (Å²) in [5.41, 5.74) is 0.0955. The third-order valence-electron chi connectivity index (χ3n) is 4.24. The topological polar surface area (TPSA) is 89.6 Å². The van der Waals surface area contributed by atoms with Crippen LogP contribution < -0.4 is 0 Å². The fourth-order valence-corrected chi connectivity index (χ4v) is 2.96. The number of aliphatic hydroxyl groups excluding tert-OH is 2. The smallest absolute Gasteiger partial charge is 0.194 e. The molecule has 0 saturated carbocycles. The van der Waals surface area contributed by atoms with E-state index in [-0.39, 0.29) is 17.9 Å². The molecule has 0 bridgehead atoms. The second-order valence-corrected chi connectivity index (χ2v) is 5.87. The maximum absolute atomic E-state index is 13.4. The molecule has 0 radical (unpaired) electrons. The van der Waals surface area contributed by atoms with Crippen LogP contribution in [0.4, 0.5) is 13.2 Å². The van der Waals surface area contributed by atoms with Gasteiger partial charge in [-0.2, -0.15) is 0 Å². The molecular weight excluding hydrogens is 355 g/mol. The maximum atomic E-state index is 13.4. The number of halogens is 3. The van der Waals surface area contributed by atoms with Gasteiger partial charge in [-0.3, -0.25) is 0 Å². The summed E-state index contributed by atoms with van der Waals surface area (Å²) in [7, 11) is 0. The Morgan fingerprint density at radius 3 is 2.62 bits per heavy atom. The van der Waals surface area contributed by atoms with Crippen molar-refractivity contribution < 1.29 is 32.9 Å². The number of ether oxygens (including phenoxy) is 2. The summed E-state index contributed by atoms with van der Waals surface area (Å²) in [6.45, 7) is 1.86. The minimum Gasteiger partial charge on any atom is -0.394 e. The molecule has 1 aromatic carbocycles. The maximum Gasteiger partial charge on any atom is 0.194 e. The first-order valence-corrected chi connectivity index (χ1v) is 8.05. The fourth-order valence-electron chi connectivity index (χ4n) is 2.96. The number of hydrogen-bond acceptors (Lipinski definition) is 6. The SMILES string of the molecule is CCOC1COC(CO)C(O)C1n1cc(-c2cc(F)c(F)c(F)c2)nn1. The van der Waals surface area contributed by atoms with Crippen molar-refractivity contribution >= 4 is 0 Å². The zero-order chi connectivity index (χ0) is 18.8. The molecule has 3 rings (SSSR count). The van der Waals surface area contributed by atoms with E-state index < -0.39 is 48.4 Å². The van der Waals surface area contributed by atoms with Crippen LogP contribution in [0.2, 0.25) is 0 Å². The number of aliphatic hydroxyl groups is 2. The fraction of sp³-hybridized carbons (Fsp3) is 0.500. The highest BCUT2D eigenvalue weighted by molar-refractivity contribution is 5.57. The van der Waals surface area contributed by atoms with Crippen molar-refractivity contribution in [2.75, 3.05) is 19.8 Å². The lowest BCUT2D eigenvalue weighted by Crippen LogP contribution is -2.52. The molecule has 0 aliphatic carbocycles. The van der Waals surface area contributed by atoms with E-state index in [4.69, 9.17) is 9.47 Å². The van der Waals surface area contributed by atoms with Gasteiger partial charge in [0.2, 0.25) is 0 Å². The van der Waals surface area contributed by atoms with Gasteiger partial charge < -0.3 is 19.7 Å². The van der Waals surface area contributed by atoms with Crippen LogP contribution in [0.3, 0.4) is 0 Å². The highest BCUT2D eigenvalue weighted by Gasteiger charge is 2.41. The van der Waals surface area contributed by atoms with Crippen LogP contribution in [0.15, 0.2) is 18.3 Å². The molecule has 4 atom stereocenters. The minimum absolute atomic E-state index is 0.000803. The molecule has 2 aromatic rings. The Morgan fingerprint density at radius 2 is 2.00 bits per heavy atom. The van der Waals surface area contributed by atoms with Crippen LogP contribution >= 0.6 is 0 Å². The van der Waals surface area contributed by atoms with E-state index in [0.29, 0.717) is 6.61 Å². The van der Waals surface area contributed by atoms with E-state index in [1.54, 1.807) is 6.92 Å².